The van der Waals surface area contributed by atoms with Crippen molar-refractivity contribution in [3.05, 3.63) is 77.4 Å². The molecule has 2 heterocycles. The molecule has 0 bridgehead atoms. The average molecular weight is 699 g/mol. The fourth-order valence-electron chi connectivity index (χ4n) is 6.09. The van der Waals surface area contributed by atoms with Crippen LogP contribution in [0, 0.1) is 11.8 Å². The number of esters is 1. The Hall–Kier alpha value is -4.57. The monoisotopic (exact) mass is 698 g/mol. The Balaban J connectivity index is 1.28. The third kappa shape index (κ3) is 8.41. The average Bonchev–Trinajstić information content (AvgIpc) is 3.52. The maximum atomic E-state index is 12.5. The van der Waals surface area contributed by atoms with E-state index in [-0.39, 0.29) is 47.2 Å². The smallest absolute Gasteiger partial charge is 0.330 e. The van der Waals surface area contributed by atoms with Crippen LogP contribution in [0.1, 0.15) is 22.8 Å². The lowest BCUT2D eigenvalue weighted by Crippen LogP contribution is -2.59. The highest BCUT2D eigenvalue weighted by molar-refractivity contribution is 5.87. The Morgan fingerprint density at radius 1 is 0.800 bits per heavy atom. The quantitative estimate of drug-likeness (QED) is 0.112. The van der Waals surface area contributed by atoms with Crippen LogP contribution in [-0.4, -0.2) is 108 Å². The van der Waals surface area contributed by atoms with E-state index in [1.165, 1.54) is 45.6 Å². The van der Waals surface area contributed by atoms with Gasteiger partial charge in [0, 0.05) is 12.0 Å². The molecule has 50 heavy (non-hydrogen) atoms. The first-order valence-corrected chi connectivity index (χ1v) is 15.9. The van der Waals surface area contributed by atoms with E-state index in [1.54, 1.807) is 36.4 Å². The molecule has 14 nitrogen and oxygen atoms in total. The number of hydrogen-bond donors (Lipinski definition) is 6. The summed E-state index contributed by atoms with van der Waals surface area (Å²) in [5.74, 6) is -0.531. The van der Waals surface area contributed by atoms with E-state index in [0.717, 1.165) is 11.6 Å². The molecule has 2 aliphatic rings. The first kappa shape index (κ1) is 36.7. The standard InChI is InChI=1S/C36H42O14/c1-44-27-13-19(4-8-24(27)37)6-11-31(40)47-18-30-32(41)33(42)34(43)36(50-30)49-17-23-22(12-20-5-9-25(38)28(14-20)45-2)16-48-35(23)21-7-10-26(39)29(15-21)46-3/h4-11,13-15,22-23,30,32-39,41-43H,12,16-18H2,1-3H3/b11-6+/t22-,23-,30+,32+,33-,34+,35+,36?/m0/s1. The number of carbonyl (C=O) groups excluding carboxylic acids is 1. The van der Waals surface area contributed by atoms with Crippen molar-refractivity contribution in [2.45, 2.75) is 43.2 Å². The first-order valence-electron chi connectivity index (χ1n) is 15.9. The van der Waals surface area contributed by atoms with Crippen molar-refractivity contribution in [1.82, 2.24) is 0 Å². The van der Waals surface area contributed by atoms with Crippen molar-refractivity contribution in [3.8, 4) is 34.5 Å². The van der Waals surface area contributed by atoms with Crippen LogP contribution in [0.2, 0.25) is 0 Å². The lowest BCUT2D eigenvalue weighted by Gasteiger charge is -2.40. The number of aliphatic hydroxyl groups is 3. The Bertz CT molecular complexity index is 1640. The summed E-state index contributed by atoms with van der Waals surface area (Å²) in [6, 6.07) is 14.5. The van der Waals surface area contributed by atoms with Gasteiger partial charge in [-0.3, -0.25) is 0 Å². The van der Waals surface area contributed by atoms with Crippen molar-refractivity contribution in [2.24, 2.45) is 11.8 Å². The van der Waals surface area contributed by atoms with Crippen LogP contribution in [0.4, 0.5) is 0 Å². The predicted octanol–water partition coefficient (Wildman–Crippen LogP) is 2.46. The minimum Gasteiger partial charge on any atom is -0.504 e. The number of rotatable bonds is 13. The number of carbonyl (C=O) groups is 1. The van der Waals surface area contributed by atoms with Crippen LogP contribution in [0.15, 0.2) is 60.7 Å². The molecule has 0 saturated carbocycles. The van der Waals surface area contributed by atoms with E-state index in [0.29, 0.717) is 29.9 Å². The molecule has 270 valence electrons. The van der Waals surface area contributed by atoms with Gasteiger partial charge < -0.3 is 63.8 Å². The van der Waals surface area contributed by atoms with Gasteiger partial charge in [0.1, 0.15) is 31.0 Å². The van der Waals surface area contributed by atoms with Crippen molar-refractivity contribution in [3.63, 3.8) is 0 Å². The number of phenolic OH excluding ortho intramolecular Hbond substituents is 3. The third-order valence-corrected chi connectivity index (χ3v) is 8.89. The van der Waals surface area contributed by atoms with E-state index in [2.05, 4.69) is 0 Å². The van der Waals surface area contributed by atoms with Crippen LogP contribution >= 0.6 is 0 Å². The van der Waals surface area contributed by atoms with Gasteiger partial charge >= 0.3 is 5.97 Å². The summed E-state index contributed by atoms with van der Waals surface area (Å²) < 4.78 is 39.0. The van der Waals surface area contributed by atoms with Gasteiger partial charge in [0.05, 0.1) is 40.6 Å². The van der Waals surface area contributed by atoms with Gasteiger partial charge in [-0.15, -0.1) is 0 Å². The molecule has 5 rings (SSSR count). The van der Waals surface area contributed by atoms with E-state index in [1.807, 2.05) is 0 Å². The van der Waals surface area contributed by atoms with Gasteiger partial charge in [-0.25, -0.2) is 4.79 Å². The largest absolute Gasteiger partial charge is 0.504 e. The van der Waals surface area contributed by atoms with E-state index in [4.69, 9.17) is 33.2 Å². The van der Waals surface area contributed by atoms with Crippen molar-refractivity contribution in [1.29, 1.82) is 0 Å². The fraction of sp³-hybridized carbons (Fsp3) is 0.417. The zero-order chi connectivity index (χ0) is 35.9. The van der Waals surface area contributed by atoms with Crippen LogP contribution in [0.25, 0.3) is 6.08 Å². The predicted molar refractivity (Wildman–Crippen MR) is 176 cm³/mol. The van der Waals surface area contributed by atoms with Crippen LogP contribution in [0.5, 0.6) is 34.5 Å². The van der Waals surface area contributed by atoms with Crippen molar-refractivity contribution < 1.29 is 68.6 Å². The molecule has 2 saturated heterocycles. The molecule has 6 N–H and O–H groups in total. The Morgan fingerprint density at radius 2 is 1.44 bits per heavy atom. The molecule has 3 aromatic rings. The number of ether oxygens (including phenoxy) is 7. The number of phenols is 3. The molecule has 0 spiro atoms. The lowest BCUT2D eigenvalue weighted by atomic mass is 9.84. The van der Waals surface area contributed by atoms with Crippen molar-refractivity contribution in [2.75, 3.05) is 41.2 Å². The van der Waals surface area contributed by atoms with Gasteiger partial charge in [0.25, 0.3) is 0 Å². The SMILES string of the molecule is COc1cc(/C=C/C(=O)OC[C@H]2OC(OC[C@H]3[C@@H](Cc4ccc(O)c(OC)c4)CO[C@@H]3c3ccc(O)c(OC)c3)[C@H](O)[C@@H](O)[C@@H]2O)ccc1O. The molecule has 2 fully saturated rings. The second-order valence-corrected chi connectivity index (χ2v) is 12.1. The summed E-state index contributed by atoms with van der Waals surface area (Å²) in [4.78, 5) is 12.5. The summed E-state index contributed by atoms with van der Waals surface area (Å²) in [5.41, 5.74) is 2.14. The van der Waals surface area contributed by atoms with Gasteiger partial charge in [-0.05, 0) is 71.5 Å². The van der Waals surface area contributed by atoms with Gasteiger partial charge in [-0.1, -0.05) is 18.2 Å². The molecular formula is C36H42O14. The number of hydrogen-bond acceptors (Lipinski definition) is 14. The molecule has 0 radical (unpaired) electrons. The minimum atomic E-state index is -1.67. The summed E-state index contributed by atoms with van der Waals surface area (Å²) in [6.07, 6.45) is -4.96. The maximum absolute atomic E-state index is 12.5. The summed E-state index contributed by atoms with van der Waals surface area (Å²) in [5, 5.41) is 62.1. The highest BCUT2D eigenvalue weighted by Crippen LogP contribution is 2.43. The van der Waals surface area contributed by atoms with E-state index >= 15 is 0 Å². The van der Waals surface area contributed by atoms with Gasteiger partial charge in [-0.2, -0.15) is 0 Å². The molecule has 8 atom stereocenters. The highest BCUT2D eigenvalue weighted by Gasteiger charge is 2.46. The van der Waals surface area contributed by atoms with E-state index < -0.39 is 49.4 Å². The lowest BCUT2D eigenvalue weighted by molar-refractivity contribution is -0.304. The van der Waals surface area contributed by atoms with Crippen LogP contribution < -0.4 is 14.2 Å². The zero-order valence-electron chi connectivity index (χ0n) is 27.7. The highest BCUT2D eigenvalue weighted by atomic mass is 16.7. The van der Waals surface area contributed by atoms with E-state index in [9.17, 15) is 35.4 Å². The number of aliphatic hydroxyl groups excluding tert-OH is 3. The first-order chi connectivity index (χ1) is 24.0. The summed E-state index contributed by atoms with van der Waals surface area (Å²) in [6.45, 7) is -0.159. The summed E-state index contributed by atoms with van der Waals surface area (Å²) >= 11 is 0. The zero-order valence-corrected chi connectivity index (χ0v) is 27.7. The fourth-order valence-corrected chi connectivity index (χ4v) is 6.09. The third-order valence-electron chi connectivity index (χ3n) is 8.89. The molecule has 1 unspecified atom stereocenters. The number of aromatic hydroxyl groups is 3. The molecular weight excluding hydrogens is 656 g/mol. The molecule has 2 aliphatic heterocycles. The molecule has 3 aromatic carbocycles. The Kier molecular flexibility index (Phi) is 12.1. The number of methoxy groups -OCH3 is 3. The van der Waals surface area contributed by atoms with Gasteiger partial charge in [0.15, 0.2) is 40.8 Å². The van der Waals surface area contributed by atoms with Gasteiger partial charge in [0.2, 0.25) is 0 Å². The topological polar surface area (TPSA) is 203 Å². The maximum Gasteiger partial charge on any atom is 0.330 e. The Labute approximate surface area is 288 Å². The summed E-state index contributed by atoms with van der Waals surface area (Å²) in [7, 11) is 4.30. The second kappa shape index (κ2) is 16.4. The number of benzene rings is 3. The molecule has 14 heteroatoms. The minimum absolute atomic E-state index is 0.00585. The van der Waals surface area contributed by atoms with Crippen LogP contribution in [-0.2, 0) is 30.2 Å². The van der Waals surface area contributed by atoms with Crippen LogP contribution in [0.3, 0.4) is 0 Å². The molecule has 0 aliphatic carbocycles. The molecule has 0 aromatic heterocycles. The van der Waals surface area contributed by atoms with Crippen molar-refractivity contribution >= 4 is 12.0 Å². The molecule has 0 amide bonds. The Morgan fingerprint density at radius 3 is 2.14 bits per heavy atom. The normalized spacial score (nSPS) is 26.5. The second-order valence-electron chi connectivity index (χ2n) is 12.1.